The van der Waals surface area contributed by atoms with E-state index in [1.807, 2.05) is 35.1 Å². The first-order valence-corrected chi connectivity index (χ1v) is 9.78. The first-order valence-electron chi connectivity index (χ1n) is 9.78. The Hall–Kier alpha value is -4.04. The number of H-pyrrole nitrogens is 1. The maximum absolute atomic E-state index is 9.37. The summed E-state index contributed by atoms with van der Waals surface area (Å²) in [6, 6.07) is 12.3. The van der Waals surface area contributed by atoms with E-state index in [1.54, 1.807) is 18.6 Å². The fourth-order valence-corrected chi connectivity index (χ4v) is 4.37. The van der Waals surface area contributed by atoms with Gasteiger partial charge in [-0.25, -0.2) is 4.98 Å². The molecular formula is C22H18N8. The Kier molecular flexibility index (Phi) is 4.26. The van der Waals surface area contributed by atoms with Gasteiger partial charge >= 0.3 is 0 Å². The van der Waals surface area contributed by atoms with E-state index < -0.39 is 0 Å². The first-order chi connectivity index (χ1) is 14.7. The van der Waals surface area contributed by atoms with E-state index in [0.29, 0.717) is 18.8 Å². The van der Waals surface area contributed by atoms with Crippen molar-refractivity contribution in [2.75, 3.05) is 0 Å². The predicted molar refractivity (Wildman–Crippen MR) is 109 cm³/mol. The minimum atomic E-state index is -0.343. The monoisotopic (exact) mass is 394 g/mol. The van der Waals surface area contributed by atoms with Crippen LogP contribution in [-0.4, -0.2) is 29.9 Å². The number of rotatable bonds is 5. The standard InChI is InChI=1S/C22H18N8/c23-6-3-15-11-22(12-15,5-7-24)30-9-4-18(29-30)21-17-2-1-8-25-20(17)10-19(28-21)16-13-26-27-14-16/h1-2,4,8-10,13-15H,3,5,11-12H2,(H,26,27)/t15-,22-. The summed E-state index contributed by atoms with van der Waals surface area (Å²) in [5, 5.41) is 30.9. The van der Waals surface area contributed by atoms with Gasteiger partial charge in [-0.3, -0.25) is 14.8 Å². The quantitative estimate of drug-likeness (QED) is 0.549. The maximum atomic E-state index is 9.37. The third kappa shape index (κ3) is 2.90. The molecule has 0 saturated heterocycles. The molecule has 146 valence electrons. The van der Waals surface area contributed by atoms with Gasteiger partial charge in [0.2, 0.25) is 0 Å². The Morgan fingerprint density at radius 3 is 2.87 bits per heavy atom. The van der Waals surface area contributed by atoms with Crippen LogP contribution in [0.15, 0.2) is 49.1 Å². The number of hydrogen-bond donors (Lipinski definition) is 1. The van der Waals surface area contributed by atoms with Crippen molar-refractivity contribution in [3.05, 3.63) is 49.1 Å². The summed E-state index contributed by atoms with van der Waals surface area (Å²) in [7, 11) is 0. The topological polar surface area (TPSA) is 120 Å². The highest BCUT2D eigenvalue weighted by Gasteiger charge is 2.46. The molecule has 1 aliphatic rings. The van der Waals surface area contributed by atoms with Crippen LogP contribution in [0.5, 0.6) is 0 Å². The SMILES string of the molecule is N#CC[C@H]1C[C@](CC#N)(n2ccc(-c3nc(-c4cn[nH]c4)cc4ncccc34)n2)C1. The summed E-state index contributed by atoms with van der Waals surface area (Å²) in [6.07, 6.45) is 9.68. The Bertz CT molecular complexity index is 1280. The van der Waals surface area contributed by atoms with Crippen LogP contribution < -0.4 is 0 Å². The first kappa shape index (κ1) is 18.0. The van der Waals surface area contributed by atoms with Crippen molar-refractivity contribution in [3.63, 3.8) is 0 Å². The van der Waals surface area contributed by atoms with Crippen LogP contribution in [0.1, 0.15) is 25.7 Å². The molecule has 1 aliphatic carbocycles. The summed E-state index contributed by atoms with van der Waals surface area (Å²) in [5.41, 5.74) is 3.62. The van der Waals surface area contributed by atoms with Crippen LogP contribution in [-0.2, 0) is 5.54 Å². The average molecular weight is 394 g/mol. The third-order valence-corrected chi connectivity index (χ3v) is 5.84. The van der Waals surface area contributed by atoms with Gasteiger partial charge in [0, 0.05) is 36.0 Å². The molecule has 1 saturated carbocycles. The van der Waals surface area contributed by atoms with Crippen LogP contribution in [0.2, 0.25) is 0 Å². The number of fused-ring (bicyclic) bond motifs is 1. The summed E-state index contributed by atoms with van der Waals surface area (Å²) >= 11 is 0. The van der Waals surface area contributed by atoms with Crippen LogP contribution in [0.3, 0.4) is 0 Å². The fourth-order valence-electron chi connectivity index (χ4n) is 4.37. The van der Waals surface area contributed by atoms with Gasteiger partial charge in [-0.2, -0.15) is 20.7 Å². The molecule has 30 heavy (non-hydrogen) atoms. The lowest BCUT2D eigenvalue weighted by atomic mass is 9.66. The minimum Gasteiger partial charge on any atom is -0.285 e. The summed E-state index contributed by atoms with van der Waals surface area (Å²) in [5.74, 6) is 0.323. The van der Waals surface area contributed by atoms with Gasteiger partial charge in [-0.15, -0.1) is 0 Å². The largest absolute Gasteiger partial charge is 0.285 e. The molecular weight excluding hydrogens is 376 g/mol. The van der Waals surface area contributed by atoms with Crippen molar-refractivity contribution in [1.29, 1.82) is 10.5 Å². The molecule has 0 atom stereocenters. The van der Waals surface area contributed by atoms with E-state index in [1.165, 1.54) is 0 Å². The molecule has 4 heterocycles. The molecule has 0 radical (unpaired) electrons. The van der Waals surface area contributed by atoms with Crippen molar-refractivity contribution in [2.24, 2.45) is 5.92 Å². The lowest BCUT2D eigenvalue weighted by Gasteiger charge is -2.46. The van der Waals surface area contributed by atoms with Crippen LogP contribution in [0, 0.1) is 28.6 Å². The molecule has 0 spiro atoms. The molecule has 4 aromatic heterocycles. The van der Waals surface area contributed by atoms with Crippen molar-refractivity contribution < 1.29 is 0 Å². The second-order valence-electron chi connectivity index (χ2n) is 7.75. The second kappa shape index (κ2) is 7.09. The summed E-state index contributed by atoms with van der Waals surface area (Å²) in [6.45, 7) is 0. The van der Waals surface area contributed by atoms with E-state index in [2.05, 4.69) is 27.3 Å². The molecule has 0 amide bonds. The zero-order valence-corrected chi connectivity index (χ0v) is 16.2. The highest BCUT2D eigenvalue weighted by molar-refractivity contribution is 5.93. The van der Waals surface area contributed by atoms with Crippen LogP contribution >= 0.6 is 0 Å². The zero-order valence-electron chi connectivity index (χ0n) is 16.2. The van der Waals surface area contributed by atoms with E-state index >= 15 is 0 Å². The number of nitrogens with one attached hydrogen (secondary N) is 1. The van der Waals surface area contributed by atoms with Gasteiger partial charge in [0.25, 0.3) is 0 Å². The van der Waals surface area contributed by atoms with Gasteiger partial charge in [-0.05, 0) is 43.0 Å². The number of aromatic amines is 1. The smallest absolute Gasteiger partial charge is 0.111 e. The van der Waals surface area contributed by atoms with E-state index in [0.717, 1.165) is 46.4 Å². The van der Waals surface area contributed by atoms with Crippen molar-refractivity contribution in [2.45, 2.75) is 31.2 Å². The van der Waals surface area contributed by atoms with Gasteiger partial charge in [0.05, 0.1) is 41.5 Å². The fraction of sp³-hybridized carbons (Fsp3) is 0.273. The Balaban J connectivity index is 1.58. The normalized spacial score (nSPS) is 20.4. The molecule has 8 heteroatoms. The number of aromatic nitrogens is 6. The highest BCUT2D eigenvalue weighted by Crippen LogP contribution is 2.47. The van der Waals surface area contributed by atoms with Gasteiger partial charge < -0.3 is 0 Å². The molecule has 0 aliphatic heterocycles. The number of pyridine rings is 2. The molecule has 5 rings (SSSR count). The minimum absolute atomic E-state index is 0.323. The van der Waals surface area contributed by atoms with E-state index in [4.69, 9.17) is 15.3 Å². The Morgan fingerprint density at radius 2 is 2.10 bits per heavy atom. The molecule has 1 fully saturated rings. The van der Waals surface area contributed by atoms with Crippen LogP contribution in [0.25, 0.3) is 33.5 Å². The highest BCUT2D eigenvalue weighted by atomic mass is 15.3. The number of hydrogen-bond acceptors (Lipinski definition) is 6. The predicted octanol–water partition coefficient (Wildman–Crippen LogP) is 3.82. The van der Waals surface area contributed by atoms with Crippen molar-refractivity contribution >= 4 is 10.9 Å². The molecule has 0 aromatic carbocycles. The van der Waals surface area contributed by atoms with Gasteiger partial charge in [-0.1, -0.05) is 0 Å². The second-order valence-corrected chi connectivity index (χ2v) is 7.75. The number of nitrogens with zero attached hydrogens (tertiary/aromatic N) is 7. The molecule has 4 aromatic rings. The lowest BCUT2D eigenvalue weighted by molar-refractivity contribution is 0.0601. The number of nitriles is 2. The summed E-state index contributed by atoms with van der Waals surface area (Å²) < 4.78 is 1.90. The molecule has 8 nitrogen and oxygen atoms in total. The third-order valence-electron chi connectivity index (χ3n) is 5.84. The van der Waals surface area contributed by atoms with Gasteiger partial charge in [0.1, 0.15) is 11.4 Å². The van der Waals surface area contributed by atoms with Crippen LogP contribution in [0.4, 0.5) is 0 Å². The molecule has 1 N–H and O–H groups in total. The average Bonchev–Trinajstić information content (AvgIpc) is 3.44. The molecule has 0 bridgehead atoms. The summed E-state index contributed by atoms with van der Waals surface area (Å²) in [4.78, 5) is 9.36. The maximum Gasteiger partial charge on any atom is 0.111 e. The van der Waals surface area contributed by atoms with E-state index in [-0.39, 0.29) is 5.54 Å². The molecule has 0 unspecified atom stereocenters. The lowest BCUT2D eigenvalue weighted by Crippen LogP contribution is -2.46. The Morgan fingerprint density at radius 1 is 1.20 bits per heavy atom. The Labute approximate surface area is 172 Å². The van der Waals surface area contributed by atoms with Crippen molar-refractivity contribution in [3.8, 4) is 34.8 Å². The van der Waals surface area contributed by atoms with Gasteiger partial charge in [0.15, 0.2) is 0 Å². The van der Waals surface area contributed by atoms with Crippen molar-refractivity contribution in [1.82, 2.24) is 29.9 Å². The van der Waals surface area contributed by atoms with E-state index in [9.17, 15) is 5.26 Å². The zero-order chi connectivity index (χ0) is 20.6.